The van der Waals surface area contributed by atoms with E-state index in [4.69, 9.17) is 22.4 Å². The first kappa shape index (κ1) is 6.33. The van der Waals surface area contributed by atoms with Crippen LogP contribution < -0.4 is 5.73 Å². The van der Waals surface area contributed by atoms with Crippen molar-refractivity contribution in [3.05, 3.63) is 0 Å². The summed E-state index contributed by atoms with van der Waals surface area (Å²) in [5.41, 5.74) is 5.16. The SMILES string of the molecule is NC[C@@H](O)C1(Cl)CC1. The molecular formula is C5H10ClNO. The van der Waals surface area contributed by atoms with E-state index in [9.17, 15) is 0 Å². The first-order valence-electron chi connectivity index (χ1n) is 2.76. The molecule has 0 amide bonds. The molecule has 1 rings (SSSR count). The van der Waals surface area contributed by atoms with Gasteiger partial charge in [0.15, 0.2) is 0 Å². The summed E-state index contributed by atoms with van der Waals surface area (Å²) in [6.07, 6.45) is 1.32. The zero-order valence-electron chi connectivity index (χ0n) is 4.60. The zero-order chi connectivity index (χ0) is 6.20. The Bertz CT molecular complexity index is 92.4. The Hall–Kier alpha value is 0.210. The number of halogens is 1. The predicted octanol–water partition coefficient (Wildman–Crippen LogP) is 0.0774. The minimum Gasteiger partial charge on any atom is -0.390 e. The zero-order valence-corrected chi connectivity index (χ0v) is 5.36. The summed E-state index contributed by atoms with van der Waals surface area (Å²) < 4.78 is 0. The normalized spacial score (nSPS) is 27.4. The number of nitrogens with two attached hydrogens (primary N) is 1. The molecule has 0 bridgehead atoms. The molecule has 0 spiro atoms. The van der Waals surface area contributed by atoms with Crippen LogP contribution in [0.5, 0.6) is 0 Å². The second-order valence-electron chi connectivity index (χ2n) is 2.29. The number of alkyl halides is 1. The van der Waals surface area contributed by atoms with E-state index in [-0.39, 0.29) is 11.4 Å². The van der Waals surface area contributed by atoms with Gasteiger partial charge in [0.25, 0.3) is 0 Å². The van der Waals surface area contributed by atoms with Gasteiger partial charge in [-0.25, -0.2) is 0 Å². The molecule has 0 saturated heterocycles. The summed E-state index contributed by atoms with van der Waals surface area (Å²) in [6.45, 7) is 0.281. The van der Waals surface area contributed by atoms with Gasteiger partial charge in [-0.2, -0.15) is 0 Å². The van der Waals surface area contributed by atoms with Crippen LogP contribution in [0.4, 0.5) is 0 Å². The third-order valence-corrected chi connectivity index (χ3v) is 2.18. The molecule has 48 valence electrons. The molecule has 0 aromatic heterocycles. The molecule has 8 heavy (non-hydrogen) atoms. The standard InChI is InChI=1S/C5H10ClNO/c6-5(1-2-5)4(8)3-7/h4,8H,1-3,7H2/t4-/m1/s1. The lowest BCUT2D eigenvalue weighted by molar-refractivity contribution is 0.170. The highest BCUT2D eigenvalue weighted by molar-refractivity contribution is 6.26. The molecule has 0 aliphatic heterocycles. The van der Waals surface area contributed by atoms with Gasteiger partial charge in [-0.15, -0.1) is 11.6 Å². The maximum Gasteiger partial charge on any atom is 0.0853 e. The van der Waals surface area contributed by atoms with Gasteiger partial charge in [-0.3, -0.25) is 0 Å². The maximum absolute atomic E-state index is 9.00. The van der Waals surface area contributed by atoms with E-state index in [0.717, 1.165) is 12.8 Å². The highest BCUT2D eigenvalue weighted by Crippen LogP contribution is 2.45. The predicted molar refractivity (Wildman–Crippen MR) is 32.9 cm³/mol. The van der Waals surface area contributed by atoms with Gasteiger partial charge in [0, 0.05) is 6.54 Å². The highest BCUT2D eigenvalue weighted by Gasteiger charge is 2.46. The van der Waals surface area contributed by atoms with Gasteiger partial charge in [0.1, 0.15) is 0 Å². The Balaban J connectivity index is 2.34. The lowest BCUT2D eigenvalue weighted by Crippen LogP contribution is -2.30. The minimum atomic E-state index is -0.496. The van der Waals surface area contributed by atoms with Crippen LogP contribution in [0.3, 0.4) is 0 Å². The first-order valence-corrected chi connectivity index (χ1v) is 3.14. The highest BCUT2D eigenvalue weighted by atomic mass is 35.5. The third-order valence-electron chi connectivity index (χ3n) is 1.55. The van der Waals surface area contributed by atoms with Crippen molar-refractivity contribution in [2.24, 2.45) is 5.73 Å². The van der Waals surface area contributed by atoms with Crippen LogP contribution in [0.25, 0.3) is 0 Å². The second-order valence-corrected chi connectivity index (χ2v) is 3.04. The number of hydrogen-bond acceptors (Lipinski definition) is 2. The molecule has 1 aliphatic rings. The van der Waals surface area contributed by atoms with Crippen molar-refractivity contribution in [1.29, 1.82) is 0 Å². The van der Waals surface area contributed by atoms with Gasteiger partial charge in [-0.05, 0) is 12.8 Å². The van der Waals surface area contributed by atoms with Crippen LogP contribution >= 0.6 is 11.6 Å². The topological polar surface area (TPSA) is 46.2 Å². The smallest absolute Gasteiger partial charge is 0.0853 e. The maximum atomic E-state index is 9.00. The quantitative estimate of drug-likeness (QED) is 0.527. The second kappa shape index (κ2) is 1.87. The summed E-state index contributed by atoms with van der Waals surface area (Å²) >= 11 is 5.76. The van der Waals surface area contributed by atoms with E-state index >= 15 is 0 Å². The molecule has 3 N–H and O–H groups in total. The van der Waals surface area contributed by atoms with Gasteiger partial charge in [0.05, 0.1) is 11.0 Å². The Morgan fingerprint density at radius 1 is 1.75 bits per heavy atom. The van der Waals surface area contributed by atoms with Crippen molar-refractivity contribution < 1.29 is 5.11 Å². The van der Waals surface area contributed by atoms with E-state index in [1.807, 2.05) is 0 Å². The van der Waals surface area contributed by atoms with E-state index < -0.39 is 6.10 Å². The Morgan fingerprint density at radius 3 is 2.38 bits per heavy atom. The van der Waals surface area contributed by atoms with E-state index in [2.05, 4.69) is 0 Å². The van der Waals surface area contributed by atoms with Crippen LogP contribution in [0.2, 0.25) is 0 Å². The Kier molecular flexibility index (Phi) is 1.48. The van der Waals surface area contributed by atoms with Crippen LogP contribution in [-0.2, 0) is 0 Å². The molecule has 2 nitrogen and oxygen atoms in total. The average Bonchev–Trinajstić information content (AvgIpc) is 2.47. The van der Waals surface area contributed by atoms with Crippen molar-refractivity contribution in [2.75, 3.05) is 6.54 Å². The number of rotatable bonds is 2. The van der Waals surface area contributed by atoms with Crippen LogP contribution in [-0.4, -0.2) is 22.6 Å². The van der Waals surface area contributed by atoms with Gasteiger partial charge >= 0.3 is 0 Å². The van der Waals surface area contributed by atoms with Crippen molar-refractivity contribution >= 4 is 11.6 Å². The summed E-state index contributed by atoms with van der Waals surface area (Å²) in [5.74, 6) is 0. The molecule has 0 heterocycles. The Labute approximate surface area is 53.6 Å². The fraction of sp³-hybridized carbons (Fsp3) is 1.00. The lowest BCUT2D eigenvalue weighted by Gasteiger charge is -2.11. The van der Waals surface area contributed by atoms with Crippen molar-refractivity contribution in [2.45, 2.75) is 23.8 Å². The molecule has 0 aromatic rings. The van der Waals surface area contributed by atoms with Gasteiger partial charge < -0.3 is 10.8 Å². The third kappa shape index (κ3) is 0.966. The number of aliphatic hydroxyl groups excluding tert-OH is 1. The molecular weight excluding hydrogens is 126 g/mol. The minimum absolute atomic E-state index is 0.281. The lowest BCUT2D eigenvalue weighted by atomic mass is 10.2. The van der Waals surface area contributed by atoms with Gasteiger partial charge in [-0.1, -0.05) is 0 Å². The Morgan fingerprint density at radius 2 is 2.25 bits per heavy atom. The summed E-state index contributed by atoms with van der Waals surface area (Å²) in [4.78, 5) is -0.339. The van der Waals surface area contributed by atoms with Crippen LogP contribution in [0.1, 0.15) is 12.8 Å². The van der Waals surface area contributed by atoms with Crippen LogP contribution in [0, 0.1) is 0 Å². The van der Waals surface area contributed by atoms with E-state index in [0.29, 0.717) is 0 Å². The fourth-order valence-corrected chi connectivity index (χ4v) is 0.847. The summed E-state index contributed by atoms with van der Waals surface area (Å²) in [6, 6.07) is 0. The molecule has 0 radical (unpaired) electrons. The molecule has 0 aromatic carbocycles. The van der Waals surface area contributed by atoms with Crippen molar-refractivity contribution in [1.82, 2.24) is 0 Å². The van der Waals surface area contributed by atoms with Gasteiger partial charge in [0.2, 0.25) is 0 Å². The molecule has 1 atom stereocenters. The molecule has 1 fully saturated rings. The summed E-state index contributed by atoms with van der Waals surface area (Å²) in [7, 11) is 0. The monoisotopic (exact) mass is 135 g/mol. The van der Waals surface area contributed by atoms with E-state index in [1.165, 1.54) is 0 Å². The molecule has 0 unspecified atom stereocenters. The van der Waals surface area contributed by atoms with Crippen molar-refractivity contribution in [3.8, 4) is 0 Å². The molecule has 3 heteroatoms. The summed E-state index contributed by atoms with van der Waals surface area (Å²) in [5, 5.41) is 9.00. The molecule has 1 aliphatic carbocycles. The van der Waals surface area contributed by atoms with E-state index in [1.54, 1.807) is 0 Å². The molecule has 1 saturated carbocycles. The van der Waals surface area contributed by atoms with Crippen LogP contribution in [0.15, 0.2) is 0 Å². The first-order chi connectivity index (χ1) is 3.69. The fourth-order valence-electron chi connectivity index (χ4n) is 0.664. The number of aliphatic hydroxyl groups is 1. The number of hydrogen-bond donors (Lipinski definition) is 2. The largest absolute Gasteiger partial charge is 0.390 e. The van der Waals surface area contributed by atoms with Crippen molar-refractivity contribution in [3.63, 3.8) is 0 Å². The average molecular weight is 136 g/mol.